The Bertz CT molecular complexity index is 2480. The molecule has 0 N–H and O–H groups in total. The number of nitrogens with zero attached hydrogens (tertiary/aromatic N) is 1. The molecule has 46 heavy (non-hydrogen) atoms. The SMILES string of the molecule is c1ccc2c(c1)-c1cccc3c1C21c2cc(N(c4cccc5ccccc45)c4cccc5ccccc45)ccc2-c2cccc-3c21. The first-order valence-electron chi connectivity index (χ1n) is 16.1. The number of anilines is 3. The lowest BCUT2D eigenvalue weighted by Crippen LogP contribution is -2.23. The van der Waals surface area contributed by atoms with Gasteiger partial charge in [-0.15, -0.1) is 0 Å². The van der Waals surface area contributed by atoms with Gasteiger partial charge in [0.25, 0.3) is 0 Å². The smallest absolute Gasteiger partial charge is 0.0738 e. The number of fused-ring (bicyclic) bond motifs is 7. The second-order valence-electron chi connectivity index (χ2n) is 12.8. The topological polar surface area (TPSA) is 3.24 Å². The van der Waals surface area contributed by atoms with Crippen LogP contribution in [-0.2, 0) is 5.41 Å². The first kappa shape index (κ1) is 24.4. The minimum Gasteiger partial charge on any atom is -0.309 e. The Morgan fingerprint density at radius 1 is 0.348 bits per heavy atom. The quantitative estimate of drug-likeness (QED) is 0.201. The molecule has 1 heteroatoms. The Labute approximate surface area is 267 Å². The van der Waals surface area contributed by atoms with E-state index in [1.807, 2.05) is 0 Å². The van der Waals surface area contributed by atoms with Gasteiger partial charge in [-0.05, 0) is 90.7 Å². The molecule has 3 aliphatic carbocycles. The summed E-state index contributed by atoms with van der Waals surface area (Å²) >= 11 is 0. The van der Waals surface area contributed by atoms with Crippen molar-refractivity contribution in [1.82, 2.24) is 0 Å². The normalized spacial score (nSPS) is 15.9. The molecule has 0 saturated carbocycles. The largest absolute Gasteiger partial charge is 0.309 e. The maximum Gasteiger partial charge on any atom is 0.0738 e. The summed E-state index contributed by atoms with van der Waals surface area (Å²) in [5.41, 5.74) is 17.1. The molecule has 8 aromatic carbocycles. The number of hydrogen-bond donors (Lipinski definition) is 0. The van der Waals surface area contributed by atoms with Crippen molar-refractivity contribution in [3.05, 3.63) is 186 Å². The van der Waals surface area contributed by atoms with Crippen molar-refractivity contribution in [3.63, 3.8) is 0 Å². The van der Waals surface area contributed by atoms with E-state index in [0.29, 0.717) is 0 Å². The Morgan fingerprint density at radius 2 is 0.804 bits per heavy atom. The van der Waals surface area contributed by atoms with Crippen LogP contribution in [0.1, 0.15) is 22.3 Å². The van der Waals surface area contributed by atoms with Gasteiger partial charge < -0.3 is 4.90 Å². The van der Waals surface area contributed by atoms with Crippen molar-refractivity contribution in [2.75, 3.05) is 4.90 Å². The van der Waals surface area contributed by atoms with Gasteiger partial charge in [-0.25, -0.2) is 0 Å². The summed E-state index contributed by atoms with van der Waals surface area (Å²) in [4.78, 5) is 2.49. The van der Waals surface area contributed by atoms with Gasteiger partial charge in [-0.1, -0.05) is 140 Å². The van der Waals surface area contributed by atoms with Gasteiger partial charge in [-0.2, -0.15) is 0 Å². The number of hydrogen-bond acceptors (Lipinski definition) is 1. The number of rotatable bonds is 3. The van der Waals surface area contributed by atoms with Crippen LogP contribution >= 0.6 is 0 Å². The zero-order valence-corrected chi connectivity index (χ0v) is 25.0. The summed E-state index contributed by atoms with van der Waals surface area (Å²) in [7, 11) is 0. The molecule has 1 atom stereocenters. The minimum absolute atomic E-state index is 0.316. The third-order valence-corrected chi connectivity index (χ3v) is 10.8. The van der Waals surface area contributed by atoms with Crippen LogP contribution in [0.25, 0.3) is 54.9 Å². The second kappa shape index (κ2) is 8.62. The molecular weight excluding hydrogens is 555 g/mol. The summed E-state index contributed by atoms with van der Waals surface area (Å²) in [6.07, 6.45) is 0. The average molecular weight is 582 g/mol. The summed E-state index contributed by atoms with van der Waals surface area (Å²) in [5, 5.41) is 4.95. The van der Waals surface area contributed by atoms with E-state index in [0.717, 1.165) is 0 Å². The predicted molar refractivity (Wildman–Crippen MR) is 191 cm³/mol. The van der Waals surface area contributed by atoms with Crippen molar-refractivity contribution < 1.29 is 0 Å². The second-order valence-corrected chi connectivity index (χ2v) is 12.8. The minimum atomic E-state index is -0.316. The molecule has 0 saturated heterocycles. The maximum atomic E-state index is 2.51. The van der Waals surface area contributed by atoms with Crippen molar-refractivity contribution >= 4 is 38.6 Å². The van der Waals surface area contributed by atoms with E-state index in [-0.39, 0.29) is 5.41 Å². The standard InChI is InChI=1S/C45H27N/c1-3-15-31-28(11-1)13-7-23-41(31)46(42-24-8-14-29-12-2-4-16-32(29)42)30-25-26-34-36-19-10-21-38-37-20-9-18-35-33-17-5-6-22-39(33)45(43(35)37,44(36)38)40(34)27-30/h1-27H. The van der Waals surface area contributed by atoms with Gasteiger partial charge >= 0.3 is 0 Å². The van der Waals surface area contributed by atoms with Crippen molar-refractivity contribution in [1.29, 1.82) is 0 Å². The molecule has 1 unspecified atom stereocenters. The Balaban J connectivity index is 1.26. The fourth-order valence-electron chi connectivity index (χ4n) is 9.10. The van der Waals surface area contributed by atoms with E-state index in [1.54, 1.807) is 0 Å². The lowest BCUT2D eigenvalue weighted by molar-refractivity contribution is 0.818. The zero-order valence-electron chi connectivity index (χ0n) is 25.0. The molecular formula is C45H27N. The van der Waals surface area contributed by atoms with Crippen LogP contribution in [0, 0.1) is 0 Å². The third kappa shape index (κ3) is 2.83. The van der Waals surface area contributed by atoms with Gasteiger partial charge in [0.05, 0.1) is 16.8 Å². The Hall–Kier alpha value is -5.92. The van der Waals surface area contributed by atoms with E-state index < -0.39 is 0 Å². The highest BCUT2D eigenvalue weighted by Crippen LogP contribution is 2.70. The van der Waals surface area contributed by atoms with Crippen LogP contribution in [-0.4, -0.2) is 0 Å². The molecule has 8 aromatic rings. The first-order chi connectivity index (χ1) is 22.8. The fraction of sp³-hybridized carbons (Fsp3) is 0.0222. The lowest BCUT2D eigenvalue weighted by Gasteiger charge is -2.31. The molecule has 0 aliphatic heterocycles. The molecule has 11 rings (SSSR count). The first-order valence-corrected chi connectivity index (χ1v) is 16.1. The molecule has 212 valence electrons. The van der Waals surface area contributed by atoms with Gasteiger partial charge in [0.15, 0.2) is 0 Å². The van der Waals surface area contributed by atoms with E-state index >= 15 is 0 Å². The van der Waals surface area contributed by atoms with Gasteiger partial charge in [0.2, 0.25) is 0 Å². The third-order valence-electron chi connectivity index (χ3n) is 10.8. The van der Waals surface area contributed by atoms with Crippen LogP contribution in [0.4, 0.5) is 17.1 Å². The predicted octanol–water partition coefficient (Wildman–Crippen LogP) is 11.8. The summed E-state index contributed by atoms with van der Waals surface area (Å²) in [6.45, 7) is 0. The highest BCUT2D eigenvalue weighted by atomic mass is 15.1. The van der Waals surface area contributed by atoms with Crippen LogP contribution in [0.2, 0.25) is 0 Å². The van der Waals surface area contributed by atoms with Gasteiger partial charge in [-0.3, -0.25) is 0 Å². The highest BCUT2D eigenvalue weighted by Gasteiger charge is 2.57. The van der Waals surface area contributed by atoms with Crippen molar-refractivity contribution in [2.45, 2.75) is 5.41 Å². The lowest BCUT2D eigenvalue weighted by atomic mass is 9.73. The van der Waals surface area contributed by atoms with E-state index in [4.69, 9.17) is 0 Å². The van der Waals surface area contributed by atoms with Crippen LogP contribution in [0.3, 0.4) is 0 Å². The van der Waals surface area contributed by atoms with Crippen LogP contribution < -0.4 is 4.90 Å². The molecule has 0 amide bonds. The number of benzene rings is 8. The highest BCUT2D eigenvalue weighted by molar-refractivity contribution is 6.08. The molecule has 1 spiro atoms. The maximum absolute atomic E-state index is 2.51. The van der Waals surface area contributed by atoms with Gasteiger partial charge in [0, 0.05) is 16.5 Å². The molecule has 0 fully saturated rings. The molecule has 3 aliphatic rings. The molecule has 0 radical (unpaired) electrons. The van der Waals surface area contributed by atoms with E-state index in [1.165, 1.54) is 94.2 Å². The van der Waals surface area contributed by atoms with E-state index in [2.05, 4.69) is 169 Å². The van der Waals surface area contributed by atoms with Crippen LogP contribution in [0.5, 0.6) is 0 Å². The monoisotopic (exact) mass is 581 g/mol. The van der Waals surface area contributed by atoms with Crippen molar-refractivity contribution in [3.8, 4) is 33.4 Å². The molecule has 0 heterocycles. The van der Waals surface area contributed by atoms with Crippen molar-refractivity contribution in [2.24, 2.45) is 0 Å². The molecule has 0 aromatic heterocycles. The van der Waals surface area contributed by atoms with E-state index in [9.17, 15) is 0 Å². The molecule has 1 nitrogen and oxygen atoms in total. The molecule has 0 bridgehead atoms. The summed E-state index contributed by atoms with van der Waals surface area (Å²) in [6, 6.07) is 61.0. The summed E-state index contributed by atoms with van der Waals surface area (Å²) < 4.78 is 0. The average Bonchev–Trinajstić information content (AvgIpc) is 3.71. The summed E-state index contributed by atoms with van der Waals surface area (Å²) in [5.74, 6) is 0. The van der Waals surface area contributed by atoms with Crippen LogP contribution in [0.15, 0.2) is 164 Å². The zero-order chi connectivity index (χ0) is 30.0. The Morgan fingerprint density at radius 3 is 1.43 bits per heavy atom. The Kier molecular flexibility index (Phi) is 4.57. The fourth-order valence-corrected chi connectivity index (χ4v) is 9.10. The van der Waals surface area contributed by atoms with Gasteiger partial charge in [0.1, 0.15) is 0 Å².